The number of aryl methyl sites for hydroxylation is 1. The molecule has 0 aliphatic rings. The summed E-state index contributed by atoms with van der Waals surface area (Å²) in [4.78, 5) is 4.42. The first-order valence-corrected chi connectivity index (χ1v) is 8.93. The minimum absolute atomic E-state index is 0. The van der Waals surface area contributed by atoms with Crippen molar-refractivity contribution in [2.75, 3.05) is 32.8 Å². The molecule has 0 bridgehead atoms. The first-order valence-electron chi connectivity index (χ1n) is 8.93. The highest BCUT2D eigenvalue weighted by Gasteiger charge is 2.05. The summed E-state index contributed by atoms with van der Waals surface area (Å²) in [6, 6.07) is 10.5. The lowest BCUT2D eigenvalue weighted by Gasteiger charge is -2.14. The van der Waals surface area contributed by atoms with Gasteiger partial charge < -0.3 is 20.5 Å². The van der Waals surface area contributed by atoms with Crippen molar-refractivity contribution < 1.29 is 9.84 Å². The van der Waals surface area contributed by atoms with E-state index in [0.29, 0.717) is 25.7 Å². The molecule has 0 saturated carbocycles. The van der Waals surface area contributed by atoms with Gasteiger partial charge in [-0.3, -0.25) is 4.99 Å². The number of nitrogens with zero attached hydrogens (tertiary/aromatic N) is 1. The number of aliphatic imine (C=N–C) groups is 1. The number of aliphatic hydroxyl groups excluding tert-OH is 1. The van der Waals surface area contributed by atoms with Crippen molar-refractivity contribution in [3.63, 3.8) is 0 Å². The van der Waals surface area contributed by atoms with E-state index in [4.69, 9.17) is 4.74 Å². The summed E-state index contributed by atoms with van der Waals surface area (Å²) >= 11 is 0. The van der Waals surface area contributed by atoms with Crippen LogP contribution in [0.4, 0.5) is 0 Å². The Morgan fingerprint density at radius 2 is 1.88 bits per heavy atom. The summed E-state index contributed by atoms with van der Waals surface area (Å²) in [5, 5.41) is 16.4. The van der Waals surface area contributed by atoms with Crippen molar-refractivity contribution in [1.82, 2.24) is 10.6 Å². The maximum absolute atomic E-state index is 9.91. The Labute approximate surface area is 169 Å². The Balaban J connectivity index is 0.00000576. The molecule has 0 spiro atoms. The third-order valence-corrected chi connectivity index (χ3v) is 3.34. The predicted octanol–water partition coefficient (Wildman–Crippen LogP) is 2.83. The second-order valence-electron chi connectivity index (χ2n) is 6.32. The van der Waals surface area contributed by atoms with Crippen molar-refractivity contribution in [1.29, 1.82) is 0 Å². The molecule has 6 heteroatoms. The van der Waals surface area contributed by atoms with Gasteiger partial charge in [-0.05, 0) is 31.2 Å². The van der Waals surface area contributed by atoms with Crippen molar-refractivity contribution in [3.8, 4) is 0 Å². The minimum Gasteiger partial charge on any atom is -0.389 e. The monoisotopic (exact) mass is 463 g/mol. The maximum Gasteiger partial charge on any atom is 0.191 e. The molecule has 5 nitrogen and oxygen atoms in total. The lowest BCUT2D eigenvalue weighted by Crippen LogP contribution is -2.38. The highest BCUT2D eigenvalue weighted by atomic mass is 127. The number of rotatable bonds is 11. The van der Waals surface area contributed by atoms with E-state index in [1.807, 2.05) is 13.0 Å². The van der Waals surface area contributed by atoms with Crippen LogP contribution in [0.15, 0.2) is 35.3 Å². The van der Waals surface area contributed by atoms with E-state index in [1.165, 1.54) is 5.56 Å². The van der Waals surface area contributed by atoms with Crippen LogP contribution in [0.2, 0.25) is 0 Å². The number of halogens is 1. The van der Waals surface area contributed by atoms with Crippen LogP contribution in [0.5, 0.6) is 0 Å². The smallest absolute Gasteiger partial charge is 0.191 e. The Kier molecular flexibility index (Phi) is 14.9. The molecule has 0 aliphatic carbocycles. The largest absolute Gasteiger partial charge is 0.389 e. The molecule has 1 rings (SSSR count). The lowest BCUT2D eigenvalue weighted by atomic mass is 10.1. The Bertz CT molecular complexity index is 455. The number of benzene rings is 1. The van der Waals surface area contributed by atoms with Crippen molar-refractivity contribution in [3.05, 3.63) is 35.9 Å². The van der Waals surface area contributed by atoms with Gasteiger partial charge in [-0.1, -0.05) is 44.2 Å². The quantitative estimate of drug-likeness (QED) is 0.204. The molecule has 144 valence electrons. The number of ether oxygens (including phenoxy) is 1. The number of aliphatic hydroxyl groups is 1. The zero-order chi connectivity index (χ0) is 17.6. The molecule has 1 aromatic carbocycles. The molecule has 0 radical (unpaired) electrons. The fraction of sp³-hybridized carbons (Fsp3) is 0.632. The summed E-state index contributed by atoms with van der Waals surface area (Å²) in [6.07, 6.45) is 1.51. The molecular formula is C19H34IN3O2. The molecule has 0 fully saturated rings. The van der Waals surface area contributed by atoms with E-state index < -0.39 is 6.10 Å². The van der Waals surface area contributed by atoms with Crippen molar-refractivity contribution >= 4 is 29.9 Å². The molecule has 0 heterocycles. The van der Waals surface area contributed by atoms with Gasteiger partial charge in [0.05, 0.1) is 19.3 Å². The zero-order valence-electron chi connectivity index (χ0n) is 15.7. The average Bonchev–Trinajstić information content (AvgIpc) is 2.57. The van der Waals surface area contributed by atoms with E-state index in [-0.39, 0.29) is 24.0 Å². The molecule has 0 aliphatic heterocycles. The summed E-state index contributed by atoms with van der Waals surface area (Å²) in [7, 11) is 0. The van der Waals surface area contributed by atoms with Crippen LogP contribution in [-0.2, 0) is 11.2 Å². The molecule has 1 atom stereocenters. The molecule has 25 heavy (non-hydrogen) atoms. The first kappa shape index (κ1) is 24.1. The van der Waals surface area contributed by atoms with Crippen LogP contribution in [0.1, 0.15) is 32.8 Å². The van der Waals surface area contributed by atoms with E-state index in [0.717, 1.165) is 31.9 Å². The van der Waals surface area contributed by atoms with Crippen LogP contribution in [-0.4, -0.2) is 50.0 Å². The Morgan fingerprint density at radius 1 is 1.16 bits per heavy atom. The van der Waals surface area contributed by atoms with Gasteiger partial charge >= 0.3 is 0 Å². The second-order valence-corrected chi connectivity index (χ2v) is 6.32. The molecular weight excluding hydrogens is 429 g/mol. The molecule has 3 N–H and O–H groups in total. The highest BCUT2D eigenvalue weighted by molar-refractivity contribution is 14.0. The third-order valence-electron chi connectivity index (χ3n) is 3.34. The molecule has 1 unspecified atom stereocenters. The molecule has 0 aromatic heterocycles. The number of nitrogens with one attached hydrogen (secondary N) is 2. The van der Waals surface area contributed by atoms with Gasteiger partial charge in [0.1, 0.15) is 0 Å². The van der Waals surface area contributed by atoms with Gasteiger partial charge in [-0.25, -0.2) is 0 Å². The summed E-state index contributed by atoms with van der Waals surface area (Å²) < 4.78 is 5.44. The molecule has 0 saturated heterocycles. The Hall–Kier alpha value is -0.860. The summed E-state index contributed by atoms with van der Waals surface area (Å²) in [6.45, 7) is 9.19. The molecule has 1 aromatic rings. The van der Waals surface area contributed by atoms with Crippen LogP contribution < -0.4 is 10.6 Å². The maximum atomic E-state index is 9.91. The second kappa shape index (κ2) is 15.4. The van der Waals surface area contributed by atoms with E-state index in [9.17, 15) is 5.11 Å². The highest BCUT2D eigenvalue weighted by Crippen LogP contribution is 2.01. The van der Waals surface area contributed by atoms with Crippen LogP contribution >= 0.6 is 24.0 Å². The van der Waals surface area contributed by atoms with Crippen LogP contribution in [0, 0.1) is 5.92 Å². The first-order chi connectivity index (χ1) is 11.6. The number of guanidine groups is 1. The van der Waals surface area contributed by atoms with Gasteiger partial charge in [0.2, 0.25) is 0 Å². The number of hydrogen-bond donors (Lipinski definition) is 3. The van der Waals surface area contributed by atoms with Crippen molar-refractivity contribution in [2.24, 2.45) is 10.9 Å². The third kappa shape index (κ3) is 13.1. The fourth-order valence-corrected chi connectivity index (χ4v) is 2.17. The van der Waals surface area contributed by atoms with E-state index in [1.54, 1.807) is 0 Å². The summed E-state index contributed by atoms with van der Waals surface area (Å²) in [5.41, 5.74) is 1.35. The van der Waals surface area contributed by atoms with Crippen molar-refractivity contribution in [2.45, 2.75) is 39.7 Å². The van der Waals surface area contributed by atoms with Gasteiger partial charge in [0.25, 0.3) is 0 Å². The topological polar surface area (TPSA) is 65.9 Å². The van der Waals surface area contributed by atoms with Gasteiger partial charge in [-0.15, -0.1) is 24.0 Å². The van der Waals surface area contributed by atoms with Gasteiger partial charge in [-0.2, -0.15) is 0 Å². The van der Waals surface area contributed by atoms with Crippen LogP contribution in [0.3, 0.4) is 0 Å². The standard InChI is InChI=1S/C19H33N3O2.HI/c1-4-20-19(22-13-18(23)15-24-14-16(2)3)21-12-8-11-17-9-6-5-7-10-17;/h5-7,9-10,16,18,23H,4,8,11-15H2,1-3H3,(H2,20,21,22);1H. The normalized spacial score (nSPS) is 12.6. The SMILES string of the molecule is CCNC(=NCC(O)COCC(C)C)NCCCc1ccccc1.I. The Morgan fingerprint density at radius 3 is 2.52 bits per heavy atom. The summed E-state index contributed by atoms with van der Waals surface area (Å²) in [5.74, 6) is 1.22. The lowest BCUT2D eigenvalue weighted by molar-refractivity contribution is 0.0301. The minimum atomic E-state index is -0.566. The zero-order valence-corrected chi connectivity index (χ0v) is 18.0. The van der Waals surface area contributed by atoms with Gasteiger partial charge in [0.15, 0.2) is 5.96 Å². The van der Waals surface area contributed by atoms with Gasteiger partial charge in [0, 0.05) is 19.7 Å². The van der Waals surface area contributed by atoms with E-state index in [2.05, 4.69) is 53.7 Å². The van der Waals surface area contributed by atoms with E-state index >= 15 is 0 Å². The fourth-order valence-electron chi connectivity index (χ4n) is 2.17. The average molecular weight is 463 g/mol. The predicted molar refractivity (Wildman–Crippen MR) is 116 cm³/mol. The number of hydrogen-bond acceptors (Lipinski definition) is 3. The molecule has 0 amide bonds. The van der Waals surface area contributed by atoms with Crippen LogP contribution in [0.25, 0.3) is 0 Å².